The van der Waals surface area contributed by atoms with E-state index in [-0.39, 0.29) is 17.1 Å². The molecular weight excluding hydrogens is 218 g/mol. The zero-order chi connectivity index (χ0) is 11.5. The molecule has 0 aromatic carbocycles. The molecule has 1 rings (SSSR count). The van der Waals surface area contributed by atoms with Crippen molar-refractivity contribution in [2.75, 3.05) is 12.3 Å². The summed E-state index contributed by atoms with van der Waals surface area (Å²) in [6.45, 7) is 1.44. The average Bonchev–Trinajstić information content (AvgIpc) is 2.15. The Bertz CT molecular complexity index is 431. The Morgan fingerprint density at radius 2 is 2.27 bits per heavy atom. The Morgan fingerprint density at radius 3 is 2.80 bits per heavy atom. The van der Waals surface area contributed by atoms with Gasteiger partial charge in [-0.05, 0) is 13.0 Å². The molecule has 0 amide bonds. The van der Waals surface area contributed by atoms with Crippen LogP contribution in [-0.4, -0.2) is 31.2 Å². The molecule has 7 heteroatoms. The number of nitrogen functional groups attached to an aromatic ring is 1. The van der Waals surface area contributed by atoms with Gasteiger partial charge in [0.1, 0.15) is 4.90 Å². The van der Waals surface area contributed by atoms with Crippen molar-refractivity contribution >= 4 is 15.7 Å². The number of sulfonamides is 1. The smallest absolute Gasteiger partial charge is 0.242 e. The molecule has 0 bridgehead atoms. The molecule has 0 aliphatic heterocycles. The van der Waals surface area contributed by atoms with Crippen molar-refractivity contribution in [3.05, 3.63) is 18.5 Å². The van der Waals surface area contributed by atoms with Gasteiger partial charge in [-0.2, -0.15) is 0 Å². The Kier molecular flexibility index (Phi) is 3.61. The predicted octanol–water partition coefficient (Wildman–Crippen LogP) is -0.677. The van der Waals surface area contributed by atoms with Crippen molar-refractivity contribution in [2.45, 2.75) is 17.9 Å². The normalized spacial score (nSPS) is 13.7. The van der Waals surface area contributed by atoms with Crippen LogP contribution in [0.15, 0.2) is 23.4 Å². The van der Waals surface area contributed by atoms with E-state index in [0.29, 0.717) is 0 Å². The zero-order valence-electron chi connectivity index (χ0n) is 8.21. The molecule has 1 heterocycles. The van der Waals surface area contributed by atoms with Crippen LogP contribution in [0.2, 0.25) is 0 Å². The number of nitrogens with one attached hydrogen (secondary N) is 1. The van der Waals surface area contributed by atoms with Crippen molar-refractivity contribution in [3.8, 4) is 0 Å². The summed E-state index contributed by atoms with van der Waals surface area (Å²) in [6, 6.07) is 1.30. The van der Waals surface area contributed by atoms with Gasteiger partial charge in [0.15, 0.2) is 0 Å². The SMILES string of the molecule is CC(O)CNS(=O)(=O)c1cncc(N)c1. The number of anilines is 1. The fraction of sp³-hybridized carbons (Fsp3) is 0.375. The molecule has 1 unspecified atom stereocenters. The van der Waals surface area contributed by atoms with E-state index in [4.69, 9.17) is 10.8 Å². The number of pyridine rings is 1. The van der Waals surface area contributed by atoms with Gasteiger partial charge >= 0.3 is 0 Å². The molecular formula is C8H13N3O3S. The lowest BCUT2D eigenvalue weighted by molar-refractivity contribution is 0.198. The third-order valence-electron chi connectivity index (χ3n) is 1.61. The highest BCUT2D eigenvalue weighted by molar-refractivity contribution is 7.89. The summed E-state index contributed by atoms with van der Waals surface area (Å²) in [4.78, 5) is 3.66. The van der Waals surface area contributed by atoms with Crippen LogP contribution < -0.4 is 10.5 Å². The van der Waals surface area contributed by atoms with E-state index in [1.807, 2.05) is 0 Å². The highest BCUT2D eigenvalue weighted by Crippen LogP contribution is 2.10. The van der Waals surface area contributed by atoms with Gasteiger partial charge in [-0.1, -0.05) is 0 Å². The molecule has 1 aromatic heterocycles. The number of rotatable bonds is 4. The molecule has 0 spiro atoms. The summed E-state index contributed by atoms with van der Waals surface area (Å²) in [5.41, 5.74) is 5.68. The molecule has 15 heavy (non-hydrogen) atoms. The van der Waals surface area contributed by atoms with Crippen LogP contribution in [0.3, 0.4) is 0 Å². The summed E-state index contributed by atoms with van der Waals surface area (Å²) in [6.07, 6.45) is 1.81. The Balaban J connectivity index is 2.87. The standard InChI is InChI=1S/C8H13N3O3S/c1-6(12)3-11-15(13,14)8-2-7(9)4-10-5-8/h2,4-6,11-12H,3,9H2,1H3. The monoisotopic (exact) mass is 231 g/mol. The number of hydrogen-bond donors (Lipinski definition) is 3. The molecule has 0 aliphatic rings. The van der Waals surface area contributed by atoms with Crippen molar-refractivity contribution in [3.63, 3.8) is 0 Å². The van der Waals surface area contributed by atoms with Crippen molar-refractivity contribution in [2.24, 2.45) is 0 Å². The number of aliphatic hydroxyl groups excluding tert-OH is 1. The molecule has 0 aliphatic carbocycles. The van der Waals surface area contributed by atoms with Gasteiger partial charge in [0.25, 0.3) is 0 Å². The zero-order valence-corrected chi connectivity index (χ0v) is 9.03. The van der Waals surface area contributed by atoms with Crippen LogP contribution in [0.25, 0.3) is 0 Å². The summed E-state index contributed by atoms with van der Waals surface area (Å²) in [5, 5.41) is 8.95. The first kappa shape index (κ1) is 11.9. The largest absolute Gasteiger partial charge is 0.397 e. The maximum absolute atomic E-state index is 11.6. The molecule has 1 aromatic rings. The van der Waals surface area contributed by atoms with E-state index in [9.17, 15) is 8.42 Å². The van der Waals surface area contributed by atoms with E-state index in [0.717, 1.165) is 0 Å². The van der Waals surface area contributed by atoms with E-state index in [1.165, 1.54) is 25.4 Å². The van der Waals surface area contributed by atoms with Gasteiger partial charge in [-0.3, -0.25) is 4.98 Å². The van der Waals surface area contributed by atoms with Gasteiger partial charge in [0, 0.05) is 18.9 Å². The Morgan fingerprint density at radius 1 is 1.60 bits per heavy atom. The minimum Gasteiger partial charge on any atom is -0.397 e. The summed E-state index contributed by atoms with van der Waals surface area (Å²) >= 11 is 0. The summed E-state index contributed by atoms with van der Waals surface area (Å²) in [7, 11) is -3.63. The van der Waals surface area contributed by atoms with Crippen LogP contribution in [0.5, 0.6) is 0 Å². The first-order valence-electron chi connectivity index (χ1n) is 4.30. The number of aromatic nitrogens is 1. The van der Waals surface area contributed by atoms with E-state index >= 15 is 0 Å². The highest BCUT2D eigenvalue weighted by Gasteiger charge is 2.14. The average molecular weight is 231 g/mol. The van der Waals surface area contributed by atoms with Gasteiger partial charge in [0.05, 0.1) is 11.8 Å². The van der Waals surface area contributed by atoms with Gasteiger partial charge in [0.2, 0.25) is 10.0 Å². The molecule has 4 N–H and O–H groups in total. The third kappa shape index (κ3) is 3.46. The van der Waals surface area contributed by atoms with Gasteiger partial charge in [-0.25, -0.2) is 13.1 Å². The number of nitrogens with zero attached hydrogens (tertiary/aromatic N) is 1. The van der Waals surface area contributed by atoms with E-state index < -0.39 is 16.1 Å². The first-order chi connectivity index (χ1) is 6.92. The molecule has 0 radical (unpaired) electrons. The quantitative estimate of drug-likeness (QED) is 0.637. The van der Waals surface area contributed by atoms with Crippen LogP contribution in [0.1, 0.15) is 6.92 Å². The van der Waals surface area contributed by atoms with Crippen molar-refractivity contribution in [1.29, 1.82) is 0 Å². The third-order valence-corrected chi connectivity index (χ3v) is 3.00. The first-order valence-corrected chi connectivity index (χ1v) is 5.78. The number of nitrogens with two attached hydrogens (primary N) is 1. The number of hydrogen-bond acceptors (Lipinski definition) is 5. The minimum absolute atomic E-state index is 0.0110. The lowest BCUT2D eigenvalue weighted by Gasteiger charge is -2.08. The second-order valence-electron chi connectivity index (χ2n) is 3.15. The molecule has 6 nitrogen and oxygen atoms in total. The predicted molar refractivity (Wildman–Crippen MR) is 55.5 cm³/mol. The maximum Gasteiger partial charge on any atom is 0.242 e. The fourth-order valence-electron chi connectivity index (χ4n) is 0.896. The van der Waals surface area contributed by atoms with E-state index in [2.05, 4.69) is 9.71 Å². The lowest BCUT2D eigenvalue weighted by Crippen LogP contribution is -2.30. The minimum atomic E-state index is -3.63. The van der Waals surface area contributed by atoms with Crippen LogP contribution >= 0.6 is 0 Å². The van der Waals surface area contributed by atoms with Crippen LogP contribution in [0.4, 0.5) is 5.69 Å². The van der Waals surface area contributed by atoms with Gasteiger partial charge < -0.3 is 10.8 Å². The molecule has 1 atom stereocenters. The highest BCUT2D eigenvalue weighted by atomic mass is 32.2. The molecule has 84 valence electrons. The van der Waals surface area contributed by atoms with E-state index in [1.54, 1.807) is 0 Å². The van der Waals surface area contributed by atoms with Crippen molar-refractivity contribution < 1.29 is 13.5 Å². The lowest BCUT2D eigenvalue weighted by atomic mass is 10.4. The summed E-state index contributed by atoms with van der Waals surface area (Å²) in [5.74, 6) is 0. The van der Waals surface area contributed by atoms with Crippen LogP contribution in [0, 0.1) is 0 Å². The second-order valence-corrected chi connectivity index (χ2v) is 4.92. The molecule has 0 fully saturated rings. The molecule has 0 saturated carbocycles. The maximum atomic E-state index is 11.6. The number of aliphatic hydroxyl groups is 1. The second kappa shape index (κ2) is 4.56. The topological polar surface area (TPSA) is 105 Å². The van der Waals surface area contributed by atoms with Crippen LogP contribution in [-0.2, 0) is 10.0 Å². The van der Waals surface area contributed by atoms with Gasteiger partial charge in [-0.15, -0.1) is 0 Å². The van der Waals surface area contributed by atoms with Crippen molar-refractivity contribution in [1.82, 2.24) is 9.71 Å². The molecule has 0 saturated heterocycles. The Labute approximate surface area is 88.2 Å². The fourth-order valence-corrected chi connectivity index (χ4v) is 2.01. The Hall–Kier alpha value is -1.18. The summed E-state index contributed by atoms with van der Waals surface area (Å²) < 4.78 is 25.4.